The number of methoxy groups -OCH3 is 2. The molecule has 0 aliphatic carbocycles. The number of aromatic nitrogens is 3. The molecular formula is C23H25N5O4. The molecule has 0 atom stereocenters. The molecule has 9 heteroatoms. The molecule has 166 valence electrons. The van der Waals surface area contributed by atoms with E-state index in [0.29, 0.717) is 43.4 Å². The van der Waals surface area contributed by atoms with Crippen molar-refractivity contribution in [2.24, 2.45) is 0 Å². The first-order chi connectivity index (χ1) is 15.6. The number of pyridine rings is 1. The van der Waals surface area contributed by atoms with Crippen molar-refractivity contribution < 1.29 is 14.3 Å². The highest BCUT2D eigenvalue weighted by Crippen LogP contribution is 2.31. The zero-order chi connectivity index (χ0) is 22.5. The standard InChI is InChI=1S/C23H25N5O4/c1-31-19-8-6-17(15-20(19)32-2)18-7-9-22(29)28(25-18)16-23(30)27-13-11-26(12-14-27)21-5-3-4-10-24-21/h3-10,15H,11-14,16H2,1-2H3. The molecule has 0 unspecified atom stereocenters. The molecule has 9 nitrogen and oxygen atoms in total. The molecule has 1 saturated heterocycles. The first-order valence-electron chi connectivity index (χ1n) is 10.3. The Bertz CT molecular complexity index is 1140. The van der Waals surface area contributed by atoms with Crippen LogP contribution in [0.2, 0.25) is 0 Å². The molecule has 4 rings (SSSR count). The number of hydrogen-bond donors (Lipinski definition) is 0. The van der Waals surface area contributed by atoms with Gasteiger partial charge in [-0.1, -0.05) is 6.07 Å². The Hall–Kier alpha value is -3.88. The van der Waals surface area contributed by atoms with Gasteiger partial charge in [0.25, 0.3) is 5.56 Å². The molecule has 1 fully saturated rings. The quantitative estimate of drug-likeness (QED) is 0.582. The molecule has 1 aliphatic heterocycles. The summed E-state index contributed by atoms with van der Waals surface area (Å²) >= 11 is 0. The lowest BCUT2D eigenvalue weighted by molar-refractivity contribution is -0.132. The van der Waals surface area contributed by atoms with Crippen molar-refractivity contribution in [3.05, 3.63) is 65.1 Å². The van der Waals surface area contributed by atoms with Crippen LogP contribution in [0.1, 0.15) is 0 Å². The molecule has 32 heavy (non-hydrogen) atoms. The summed E-state index contributed by atoms with van der Waals surface area (Å²) in [6.07, 6.45) is 1.76. The summed E-state index contributed by atoms with van der Waals surface area (Å²) in [6, 6.07) is 14.2. The van der Waals surface area contributed by atoms with Crippen LogP contribution < -0.4 is 19.9 Å². The molecule has 0 N–H and O–H groups in total. The van der Waals surface area contributed by atoms with E-state index >= 15 is 0 Å². The number of ether oxygens (including phenoxy) is 2. The molecule has 3 heterocycles. The molecule has 1 amide bonds. The SMILES string of the molecule is COc1ccc(-c2ccc(=O)n(CC(=O)N3CCN(c4ccccn4)CC3)n2)cc1OC. The summed E-state index contributed by atoms with van der Waals surface area (Å²) in [5.74, 6) is 1.93. The average Bonchev–Trinajstić information content (AvgIpc) is 2.85. The number of carbonyl (C=O) groups is 1. The fraction of sp³-hybridized carbons (Fsp3) is 0.304. The summed E-state index contributed by atoms with van der Waals surface area (Å²) < 4.78 is 11.8. The molecule has 3 aromatic rings. The van der Waals surface area contributed by atoms with Crippen molar-refractivity contribution in [1.29, 1.82) is 0 Å². The highest BCUT2D eigenvalue weighted by Gasteiger charge is 2.22. The Morgan fingerprint density at radius 1 is 0.969 bits per heavy atom. The van der Waals surface area contributed by atoms with E-state index in [9.17, 15) is 9.59 Å². The van der Waals surface area contributed by atoms with Gasteiger partial charge < -0.3 is 19.3 Å². The van der Waals surface area contributed by atoms with Gasteiger partial charge >= 0.3 is 0 Å². The minimum absolute atomic E-state index is 0.108. The minimum atomic E-state index is -0.324. The average molecular weight is 435 g/mol. The second kappa shape index (κ2) is 9.51. The summed E-state index contributed by atoms with van der Waals surface area (Å²) in [4.78, 5) is 33.5. The van der Waals surface area contributed by atoms with Crippen LogP contribution in [0.4, 0.5) is 5.82 Å². The van der Waals surface area contributed by atoms with E-state index in [1.165, 1.54) is 10.7 Å². The van der Waals surface area contributed by atoms with Gasteiger partial charge in [-0.05, 0) is 36.4 Å². The Kier molecular flexibility index (Phi) is 6.34. The largest absolute Gasteiger partial charge is 0.493 e. The van der Waals surface area contributed by atoms with Crippen LogP contribution in [0.3, 0.4) is 0 Å². The van der Waals surface area contributed by atoms with E-state index < -0.39 is 0 Å². The van der Waals surface area contributed by atoms with Gasteiger partial charge in [0.2, 0.25) is 5.91 Å². The zero-order valence-electron chi connectivity index (χ0n) is 18.1. The fourth-order valence-corrected chi connectivity index (χ4v) is 3.67. The van der Waals surface area contributed by atoms with Gasteiger partial charge in [-0.15, -0.1) is 0 Å². The molecule has 1 aliphatic rings. The predicted molar refractivity (Wildman–Crippen MR) is 120 cm³/mol. The van der Waals surface area contributed by atoms with Gasteiger partial charge in [-0.3, -0.25) is 9.59 Å². The van der Waals surface area contributed by atoms with Gasteiger partial charge in [0.15, 0.2) is 11.5 Å². The second-order valence-electron chi connectivity index (χ2n) is 7.34. The summed E-state index contributed by atoms with van der Waals surface area (Å²) in [6.45, 7) is 2.41. The van der Waals surface area contributed by atoms with Crippen LogP contribution in [0.25, 0.3) is 11.3 Å². The number of benzene rings is 1. The van der Waals surface area contributed by atoms with Gasteiger partial charge in [-0.2, -0.15) is 5.10 Å². The Morgan fingerprint density at radius 2 is 1.75 bits per heavy atom. The second-order valence-corrected chi connectivity index (χ2v) is 7.34. The van der Waals surface area contributed by atoms with Crippen molar-refractivity contribution in [3.8, 4) is 22.8 Å². The number of piperazine rings is 1. The number of carbonyl (C=O) groups excluding carboxylic acids is 1. The highest BCUT2D eigenvalue weighted by molar-refractivity contribution is 5.76. The van der Waals surface area contributed by atoms with Gasteiger partial charge in [0.05, 0.1) is 19.9 Å². The first kappa shape index (κ1) is 21.4. The Morgan fingerprint density at radius 3 is 2.44 bits per heavy atom. The van der Waals surface area contributed by atoms with E-state index in [2.05, 4.69) is 15.0 Å². The number of nitrogens with zero attached hydrogens (tertiary/aromatic N) is 5. The van der Waals surface area contributed by atoms with Gasteiger partial charge in [0.1, 0.15) is 12.4 Å². The number of hydrogen-bond acceptors (Lipinski definition) is 7. The summed E-state index contributed by atoms with van der Waals surface area (Å²) in [7, 11) is 3.13. The van der Waals surface area contributed by atoms with Crippen molar-refractivity contribution >= 4 is 11.7 Å². The van der Waals surface area contributed by atoms with Crippen LogP contribution in [0.5, 0.6) is 11.5 Å². The molecule has 2 aromatic heterocycles. The van der Waals surface area contributed by atoms with Crippen LogP contribution in [-0.4, -0.2) is 66.0 Å². The van der Waals surface area contributed by atoms with Crippen molar-refractivity contribution in [2.45, 2.75) is 6.54 Å². The molecule has 0 radical (unpaired) electrons. The third kappa shape index (κ3) is 4.56. The molecule has 1 aromatic carbocycles. The molecule has 0 bridgehead atoms. The van der Waals surface area contributed by atoms with Crippen LogP contribution in [0.15, 0.2) is 59.5 Å². The first-order valence-corrected chi connectivity index (χ1v) is 10.3. The topological polar surface area (TPSA) is 89.8 Å². The zero-order valence-corrected chi connectivity index (χ0v) is 18.1. The molecule has 0 saturated carbocycles. The van der Waals surface area contributed by atoms with Crippen molar-refractivity contribution in [3.63, 3.8) is 0 Å². The van der Waals surface area contributed by atoms with Crippen LogP contribution in [0, 0.1) is 0 Å². The summed E-state index contributed by atoms with van der Waals surface area (Å²) in [5.41, 5.74) is 1.00. The monoisotopic (exact) mass is 435 g/mol. The van der Waals surface area contributed by atoms with Crippen LogP contribution >= 0.6 is 0 Å². The Balaban J connectivity index is 1.46. The van der Waals surface area contributed by atoms with E-state index in [1.807, 2.05) is 24.3 Å². The van der Waals surface area contributed by atoms with Crippen LogP contribution in [-0.2, 0) is 11.3 Å². The highest BCUT2D eigenvalue weighted by atomic mass is 16.5. The third-order valence-corrected chi connectivity index (χ3v) is 5.44. The minimum Gasteiger partial charge on any atom is -0.493 e. The maximum atomic E-state index is 12.9. The van der Waals surface area contributed by atoms with Gasteiger partial charge in [0, 0.05) is 44.0 Å². The van der Waals surface area contributed by atoms with E-state index in [0.717, 1.165) is 11.4 Å². The third-order valence-electron chi connectivity index (χ3n) is 5.44. The number of anilines is 1. The van der Waals surface area contributed by atoms with E-state index in [4.69, 9.17) is 9.47 Å². The smallest absolute Gasteiger partial charge is 0.267 e. The predicted octanol–water partition coefficient (Wildman–Crippen LogP) is 1.67. The lowest BCUT2D eigenvalue weighted by atomic mass is 10.1. The lowest BCUT2D eigenvalue weighted by Gasteiger charge is -2.35. The molecular weight excluding hydrogens is 410 g/mol. The van der Waals surface area contributed by atoms with Crippen molar-refractivity contribution in [1.82, 2.24) is 19.7 Å². The van der Waals surface area contributed by atoms with E-state index in [1.54, 1.807) is 43.5 Å². The normalized spacial score (nSPS) is 13.7. The summed E-state index contributed by atoms with van der Waals surface area (Å²) in [5, 5.41) is 4.41. The maximum Gasteiger partial charge on any atom is 0.267 e. The van der Waals surface area contributed by atoms with Crippen molar-refractivity contribution in [2.75, 3.05) is 45.3 Å². The number of rotatable bonds is 6. The Labute approximate surface area is 185 Å². The lowest BCUT2D eigenvalue weighted by Crippen LogP contribution is -2.50. The number of amides is 1. The van der Waals surface area contributed by atoms with E-state index in [-0.39, 0.29) is 18.0 Å². The van der Waals surface area contributed by atoms with Gasteiger partial charge in [-0.25, -0.2) is 9.67 Å². The maximum absolute atomic E-state index is 12.9. The fourth-order valence-electron chi connectivity index (χ4n) is 3.67. The molecule has 0 spiro atoms.